The number of ether oxygens (including phenoxy) is 1. The topological polar surface area (TPSA) is 39.9 Å². The van der Waals surface area contributed by atoms with Crippen LogP contribution in [0.5, 0.6) is 0 Å². The van der Waals surface area contributed by atoms with Crippen molar-refractivity contribution in [3.63, 3.8) is 0 Å². The van der Waals surface area contributed by atoms with Gasteiger partial charge in [0, 0.05) is 12.8 Å². The monoisotopic (exact) mass is 299 g/mol. The van der Waals surface area contributed by atoms with E-state index in [1.54, 1.807) is 0 Å². The first-order valence-corrected chi connectivity index (χ1v) is 7.30. The molecule has 2 unspecified atom stereocenters. The highest BCUT2D eigenvalue weighted by molar-refractivity contribution is 9.09. The molecule has 2 aliphatic rings. The van der Waals surface area contributed by atoms with Crippen LogP contribution in [0.1, 0.15) is 55.6 Å². The molecular formula is C12H18BrN3O. The van der Waals surface area contributed by atoms with E-state index in [9.17, 15) is 0 Å². The first-order valence-electron chi connectivity index (χ1n) is 6.38. The zero-order chi connectivity index (χ0) is 11.9. The number of aromatic nitrogens is 3. The molecule has 5 heteroatoms. The second-order valence-corrected chi connectivity index (χ2v) is 6.64. The summed E-state index contributed by atoms with van der Waals surface area (Å²) in [7, 11) is 0. The van der Waals surface area contributed by atoms with E-state index in [-0.39, 0.29) is 10.4 Å². The maximum absolute atomic E-state index is 5.94. The van der Waals surface area contributed by atoms with Crippen LogP contribution in [0, 0.1) is 0 Å². The first-order chi connectivity index (χ1) is 8.19. The molecule has 1 aromatic rings. The molecule has 1 spiro atoms. The minimum Gasteiger partial charge on any atom is -0.375 e. The first kappa shape index (κ1) is 11.7. The largest absolute Gasteiger partial charge is 0.375 e. The predicted molar refractivity (Wildman–Crippen MR) is 68.2 cm³/mol. The minimum absolute atomic E-state index is 0.176. The predicted octanol–water partition coefficient (Wildman–Crippen LogP) is 3.01. The van der Waals surface area contributed by atoms with Gasteiger partial charge in [0.25, 0.3) is 0 Å². The molecule has 1 aromatic heterocycles. The van der Waals surface area contributed by atoms with Crippen LogP contribution in [0.15, 0.2) is 6.20 Å². The van der Waals surface area contributed by atoms with Crippen molar-refractivity contribution in [1.29, 1.82) is 0 Å². The molecule has 1 saturated heterocycles. The molecule has 0 aromatic carbocycles. The lowest BCUT2D eigenvalue weighted by molar-refractivity contribution is -0.141. The van der Waals surface area contributed by atoms with Gasteiger partial charge in [-0.1, -0.05) is 21.1 Å². The standard InChI is InChI=1S/C12H18BrN3O/c1-9(13)11-8-16(15-14-11)10-3-6-17-12(7-10)4-2-5-12/h8-10H,2-7H2,1H3. The number of rotatable bonds is 2. The Bertz CT molecular complexity index is 400. The molecule has 0 radical (unpaired) electrons. The summed E-state index contributed by atoms with van der Waals surface area (Å²) in [5.74, 6) is 0. The fraction of sp³-hybridized carbons (Fsp3) is 0.833. The molecule has 2 fully saturated rings. The lowest BCUT2D eigenvalue weighted by Gasteiger charge is -2.47. The van der Waals surface area contributed by atoms with E-state index in [1.165, 1.54) is 19.3 Å². The number of hydrogen-bond donors (Lipinski definition) is 0. The molecule has 0 N–H and O–H groups in total. The highest BCUT2D eigenvalue weighted by atomic mass is 79.9. The quantitative estimate of drug-likeness (QED) is 0.788. The van der Waals surface area contributed by atoms with E-state index in [1.807, 2.05) is 4.68 Å². The SMILES string of the molecule is CC(Br)c1cn(C2CCOC3(CCC3)C2)nn1. The van der Waals surface area contributed by atoms with Crippen LogP contribution in [-0.2, 0) is 4.74 Å². The number of hydrogen-bond acceptors (Lipinski definition) is 3. The van der Waals surface area contributed by atoms with Gasteiger partial charge in [-0.25, -0.2) is 4.68 Å². The second kappa shape index (κ2) is 4.35. The maximum Gasteiger partial charge on any atom is 0.0960 e. The zero-order valence-corrected chi connectivity index (χ0v) is 11.7. The third kappa shape index (κ3) is 2.15. The number of alkyl halides is 1. The van der Waals surface area contributed by atoms with Crippen molar-refractivity contribution in [2.24, 2.45) is 0 Å². The van der Waals surface area contributed by atoms with E-state index in [0.29, 0.717) is 6.04 Å². The van der Waals surface area contributed by atoms with Gasteiger partial charge in [-0.3, -0.25) is 0 Å². The van der Waals surface area contributed by atoms with Gasteiger partial charge in [0.2, 0.25) is 0 Å². The summed E-state index contributed by atoms with van der Waals surface area (Å²) in [6, 6.07) is 0.469. The summed E-state index contributed by atoms with van der Waals surface area (Å²) in [5.41, 5.74) is 1.19. The van der Waals surface area contributed by atoms with Crippen LogP contribution < -0.4 is 0 Å². The van der Waals surface area contributed by atoms with Gasteiger partial charge < -0.3 is 4.74 Å². The van der Waals surface area contributed by atoms with Crippen molar-refractivity contribution in [2.75, 3.05) is 6.61 Å². The Morgan fingerprint density at radius 1 is 1.59 bits per heavy atom. The van der Waals surface area contributed by atoms with Gasteiger partial charge in [-0.15, -0.1) is 5.10 Å². The Hall–Kier alpha value is -0.420. The van der Waals surface area contributed by atoms with Crippen molar-refractivity contribution in [3.05, 3.63) is 11.9 Å². The summed E-state index contributed by atoms with van der Waals surface area (Å²) in [5, 5.41) is 8.47. The summed E-state index contributed by atoms with van der Waals surface area (Å²) >= 11 is 3.53. The Kier molecular flexibility index (Phi) is 2.99. The Morgan fingerprint density at radius 3 is 3.00 bits per heavy atom. The molecule has 2 atom stereocenters. The van der Waals surface area contributed by atoms with E-state index >= 15 is 0 Å². The van der Waals surface area contributed by atoms with Crippen LogP contribution in [0.4, 0.5) is 0 Å². The van der Waals surface area contributed by atoms with Gasteiger partial charge in [-0.05, 0) is 39.0 Å². The van der Waals surface area contributed by atoms with Gasteiger partial charge in [-0.2, -0.15) is 0 Å². The Morgan fingerprint density at radius 2 is 2.41 bits per heavy atom. The minimum atomic E-state index is 0.176. The average molecular weight is 300 g/mol. The molecule has 94 valence electrons. The molecule has 3 rings (SSSR count). The fourth-order valence-corrected chi connectivity index (χ4v) is 3.01. The van der Waals surface area contributed by atoms with Gasteiger partial charge >= 0.3 is 0 Å². The molecule has 1 aliphatic heterocycles. The fourth-order valence-electron chi connectivity index (χ4n) is 2.80. The Balaban J connectivity index is 1.74. The summed E-state index contributed by atoms with van der Waals surface area (Å²) in [4.78, 5) is 0.272. The summed E-state index contributed by atoms with van der Waals surface area (Å²) in [6.45, 7) is 2.94. The Labute approximate surface area is 110 Å². The van der Waals surface area contributed by atoms with Crippen molar-refractivity contribution >= 4 is 15.9 Å². The van der Waals surface area contributed by atoms with Gasteiger partial charge in [0.05, 0.1) is 22.2 Å². The molecule has 1 aliphatic carbocycles. The van der Waals surface area contributed by atoms with E-state index in [0.717, 1.165) is 25.1 Å². The van der Waals surface area contributed by atoms with Crippen molar-refractivity contribution < 1.29 is 4.74 Å². The second-order valence-electron chi connectivity index (χ2n) is 5.27. The molecule has 1 saturated carbocycles. The van der Waals surface area contributed by atoms with Gasteiger partial charge in [0.1, 0.15) is 0 Å². The van der Waals surface area contributed by atoms with Crippen molar-refractivity contribution in [2.45, 2.75) is 55.5 Å². The molecule has 4 nitrogen and oxygen atoms in total. The molecule has 0 amide bonds. The van der Waals surface area contributed by atoms with Crippen molar-refractivity contribution in [3.8, 4) is 0 Å². The lowest BCUT2D eigenvalue weighted by Crippen LogP contribution is -2.46. The van der Waals surface area contributed by atoms with E-state index < -0.39 is 0 Å². The van der Waals surface area contributed by atoms with Crippen LogP contribution in [0.3, 0.4) is 0 Å². The highest BCUT2D eigenvalue weighted by Gasteiger charge is 2.43. The van der Waals surface area contributed by atoms with Crippen LogP contribution in [0.25, 0.3) is 0 Å². The summed E-state index contributed by atoms with van der Waals surface area (Å²) < 4.78 is 7.97. The van der Waals surface area contributed by atoms with E-state index in [4.69, 9.17) is 4.74 Å². The van der Waals surface area contributed by atoms with Crippen LogP contribution in [-0.4, -0.2) is 27.2 Å². The third-order valence-electron chi connectivity index (χ3n) is 4.04. The zero-order valence-electron chi connectivity index (χ0n) is 10.1. The van der Waals surface area contributed by atoms with Crippen LogP contribution >= 0.6 is 15.9 Å². The van der Waals surface area contributed by atoms with Crippen molar-refractivity contribution in [1.82, 2.24) is 15.0 Å². The molecule has 0 bridgehead atoms. The van der Waals surface area contributed by atoms with Gasteiger partial charge in [0.15, 0.2) is 0 Å². The highest BCUT2D eigenvalue weighted by Crippen LogP contribution is 2.45. The smallest absolute Gasteiger partial charge is 0.0960 e. The average Bonchev–Trinajstić information content (AvgIpc) is 2.76. The molecule has 2 heterocycles. The number of nitrogens with zero attached hydrogens (tertiary/aromatic N) is 3. The summed E-state index contributed by atoms with van der Waals surface area (Å²) in [6.07, 6.45) is 7.99. The third-order valence-corrected chi connectivity index (χ3v) is 4.51. The van der Waals surface area contributed by atoms with Crippen LogP contribution in [0.2, 0.25) is 0 Å². The number of halogens is 1. The normalized spacial score (nSPS) is 28.9. The maximum atomic E-state index is 5.94. The molecule has 17 heavy (non-hydrogen) atoms. The molecular weight excluding hydrogens is 282 g/mol. The van der Waals surface area contributed by atoms with E-state index in [2.05, 4.69) is 39.4 Å². The lowest BCUT2D eigenvalue weighted by atomic mass is 9.74.